The van der Waals surface area contributed by atoms with Gasteiger partial charge >= 0.3 is 0 Å². The van der Waals surface area contributed by atoms with Gasteiger partial charge in [-0.25, -0.2) is 22.7 Å². The van der Waals surface area contributed by atoms with Crippen LogP contribution in [0.4, 0.5) is 5.95 Å². The first kappa shape index (κ1) is 14.8. The Balaban J connectivity index is 0.00000106. The van der Waals surface area contributed by atoms with E-state index in [-0.39, 0.29) is 5.95 Å². The Morgan fingerprint density at radius 1 is 1.19 bits per heavy atom. The summed E-state index contributed by atoms with van der Waals surface area (Å²) >= 11 is 0. The SMILES string of the molecule is CC.CC(C)S(=O)(=O)N(C)c1ncccn1. The van der Waals surface area contributed by atoms with Crippen molar-refractivity contribution < 1.29 is 8.42 Å². The van der Waals surface area contributed by atoms with Gasteiger partial charge in [0.2, 0.25) is 16.0 Å². The van der Waals surface area contributed by atoms with Crippen molar-refractivity contribution in [3.63, 3.8) is 0 Å². The van der Waals surface area contributed by atoms with Crippen molar-refractivity contribution in [3.8, 4) is 0 Å². The van der Waals surface area contributed by atoms with Crippen LogP contribution in [0, 0.1) is 0 Å². The lowest BCUT2D eigenvalue weighted by Gasteiger charge is -2.19. The van der Waals surface area contributed by atoms with Gasteiger partial charge < -0.3 is 0 Å². The van der Waals surface area contributed by atoms with Gasteiger partial charge in [0.15, 0.2) is 0 Å². The number of rotatable bonds is 3. The minimum Gasteiger partial charge on any atom is -0.241 e. The molecule has 92 valence electrons. The maximum Gasteiger partial charge on any atom is 0.239 e. The number of anilines is 1. The lowest BCUT2D eigenvalue weighted by Crippen LogP contribution is -2.34. The van der Waals surface area contributed by atoms with Crippen molar-refractivity contribution in [2.75, 3.05) is 11.4 Å². The van der Waals surface area contributed by atoms with E-state index in [4.69, 9.17) is 0 Å². The average Bonchev–Trinajstić information content (AvgIpc) is 2.31. The molecule has 0 unspecified atom stereocenters. The van der Waals surface area contributed by atoms with Crippen molar-refractivity contribution in [2.45, 2.75) is 32.9 Å². The molecule has 1 rings (SSSR count). The molecule has 0 aliphatic carbocycles. The van der Waals surface area contributed by atoms with Gasteiger partial charge in [-0.05, 0) is 19.9 Å². The summed E-state index contributed by atoms with van der Waals surface area (Å²) in [6.07, 6.45) is 3.02. The molecule has 1 heterocycles. The molecule has 0 aromatic carbocycles. The van der Waals surface area contributed by atoms with Crippen LogP contribution in [0.2, 0.25) is 0 Å². The highest BCUT2D eigenvalue weighted by molar-refractivity contribution is 7.93. The molecule has 6 heteroatoms. The van der Waals surface area contributed by atoms with E-state index in [1.54, 1.807) is 19.9 Å². The van der Waals surface area contributed by atoms with Crippen molar-refractivity contribution >= 4 is 16.0 Å². The highest BCUT2D eigenvalue weighted by Crippen LogP contribution is 2.12. The van der Waals surface area contributed by atoms with Crippen LogP contribution in [-0.4, -0.2) is 30.7 Å². The van der Waals surface area contributed by atoms with Crippen LogP contribution in [0.1, 0.15) is 27.7 Å². The molecule has 0 aliphatic rings. The number of nitrogens with zero attached hydrogens (tertiary/aromatic N) is 3. The van der Waals surface area contributed by atoms with Crippen LogP contribution in [0.5, 0.6) is 0 Å². The summed E-state index contributed by atoms with van der Waals surface area (Å²) < 4.78 is 24.4. The van der Waals surface area contributed by atoms with Gasteiger partial charge in [0, 0.05) is 19.4 Å². The fraction of sp³-hybridized carbons (Fsp3) is 0.600. The van der Waals surface area contributed by atoms with Gasteiger partial charge in [-0.2, -0.15) is 0 Å². The molecule has 1 aromatic heterocycles. The highest BCUT2D eigenvalue weighted by atomic mass is 32.2. The van der Waals surface area contributed by atoms with E-state index < -0.39 is 15.3 Å². The zero-order chi connectivity index (χ0) is 12.8. The first-order valence-corrected chi connectivity index (χ1v) is 6.71. The third-order valence-corrected chi connectivity index (χ3v) is 3.93. The quantitative estimate of drug-likeness (QED) is 0.812. The van der Waals surface area contributed by atoms with Crippen LogP contribution >= 0.6 is 0 Å². The Labute approximate surface area is 97.6 Å². The number of sulfonamides is 1. The molecular weight excluding hydrogens is 226 g/mol. The number of aromatic nitrogens is 2. The van der Waals surface area contributed by atoms with E-state index in [0.717, 1.165) is 4.31 Å². The molecular formula is C10H19N3O2S. The minimum absolute atomic E-state index is 0.196. The van der Waals surface area contributed by atoms with Gasteiger partial charge in [-0.3, -0.25) is 0 Å². The van der Waals surface area contributed by atoms with Crippen LogP contribution in [0.25, 0.3) is 0 Å². The lowest BCUT2D eigenvalue weighted by atomic mass is 10.6. The molecule has 0 saturated heterocycles. The minimum atomic E-state index is -3.32. The largest absolute Gasteiger partial charge is 0.241 e. The fourth-order valence-electron chi connectivity index (χ4n) is 0.884. The highest BCUT2D eigenvalue weighted by Gasteiger charge is 2.23. The van der Waals surface area contributed by atoms with Gasteiger partial charge in [0.1, 0.15) is 0 Å². The zero-order valence-corrected chi connectivity index (χ0v) is 11.2. The van der Waals surface area contributed by atoms with E-state index in [1.807, 2.05) is 13.8 Å². The van der Waals surface area contributed by atoms with Crippen molar-refractivity contribution in [1.29, 1.82) is 0 Å². The van der Waals surface area contributed by atoms with Gasteiger partial charge in [0.25, 0.3) is 0 Å². The Hall–Kier alpha value is -1.17. The van der Waals surface area contributed by atoms with Crippen molar-refractivity contribution in [2.24, 2.45) is 0 Å². The third kappa shape index (κ3) is 3.44. The zero-order valence-electron chi connectivity index (χ0n) is 10.4. The summed E-state index contributed by atoms with van der Waals surface area (Å²) in [5.74, 6) is 0.196. The molecule has 0 radical (unpaired) electrons. The molecule has 0 bridgehead atoms. The third-order valence-electron chi connectivity index (χ3n) is 1.81. The Bertz CT molecular complexity index is 390. The monoisotopic (exact) mass is 245 g/mol. The molecule has 0 fully saturated rings. The molecule has 16 heavy (non-hydrogen) atoms. The van der Waals surface area contributed by atoms with Crippen molar-refractivity contribution in [1.82, 2.24) is 9.97 Å². The molecule has 5 nitrogen and oxygen atoms in total. The second-order valence-electron chi connectivity index (χ2n) is 3.11. The Kier molecular flexibility index (Phi) is 5.95. The second-order valence-corrected chi connectivity index (χ2v) is 5.63. The summed E-state index contributed by atoms with van der Waals surface area (Å²) in [4.78, 5) is 7.73. The molecule has 0 aliphatic heterocycles. The second kappa shape index (κ2) is 6.42. The topological polar surface area (TPSA) is 63.2 Å². The van der Waals surface area contributed by atoms with E-state index in [1.165, 1.54) is 19.4 Å². The molecule has 1 aromatic rings. The van der Waals surface area contributed by atoms with Crippen LogP contribution in [0.3, 0.4) is 0 Å². The molecule has 0 N–H and O–H groups in total. The van der Waals surface area contributed by atoms with Crippen LogP contribution < -0.4 is 4.31 Å². The lowest BCUT2D eigenvalue weighted by molar-refractivity contribution is 0.584. The summed E-state index contributed by atoms with van der Waals surface area (Å²) in [5.41, 5.74) is 0. The maximum atomic E-state index is 11.7. The Morgan fingerprint density at radius 2 is 1.62 bits per heavy atom. The summed E-state index contributed by atoms with van der Waals surface area (Å²) in [7, 11) is -1.87. The summed E-state index contributed by atoms with van der Waals surface area (Å²) in [6.45, 7) is 7.24. The van der Waals surface area contributed by atoms with Gasteiger partial charge in [-0.1, -0.05) is 13.8 Å². The smallest absolute Gasteiger partial charge is 0.239 e. The molecule has 0 atom stereocenters. The molecule has 0 saturated carbocycles. The summed E-state index contributed by atoms with van der Waals surface area (Å²) in [6, 6.07) is 1.64. The normalized spacial score (nSPS) is 10.6. The summed E-state index contributed by atoms with van der Waals surface area (Å²) in [5, 5.41) is -0.476. The number of hydrogen-bond donors (Lipinski definition) is 0. The molecule has 0 amide bonds. The van der Waals surface area contributed by atoms with Gasteiger partial charge in [-0.15, -0.1) is 0 Å². The fourth-order valence-corrected chi connectivity index (χ4v) is 1.84. The van der Waals surface area contributed by atoms with E-state index >= 15 is 0 Å². The standard InChI is InChI=1S/C8H13N3O2S.C2H6/c1-7(2)14(12,13)11(3)8-9-5-4-6-10-8;1-2/h4-7H,1-3H3;1-2H3. The first-order valence-electron chi connectivity index (χ1n) is 5.21. The van der Waals surface area contributed by atoms with E-state index in [2.05, 4.69) is 9.97 Å². The van der Waals surface area contributed by atoms with Crippen LogP contribution in [0.15, 0.2) is 18.5 Å². The van der Waals surface area contributed by atoms with Crippen LogP contribution in [-0.2, 0) is 10.0 Å². The van der Waals surface area contributed by atoms with E-state index in [0.29, 0.717) is 0 Å². The van der Waals surface area contributed by atoms with E-state index in [9.17, 15) is 8.42 Å². The maximum absolute atomic E-state index is 11.7. The first-order chi connectivity index (χ1) is 7.46. The Morgan fingerprint density at radius 3 is 2.00 bits per heavy atom. The average molecular weight is 245 g/mol. The number of hydrogen-bond acceptors (Lipinski definition) is 4. The predicted molar refractivity (Wildman–Crippen MR) is 65.8 cm³/mol. The van der Waals surface area contributed by atoms with Crippen molar-refractivity contribution in [3.05, 3.63) is 18.5 Å². The predicted octanol–water partition coefficient (Wildman–Crippen LogP) is 1.68. The van der Waals surface area contributed by atoms with Gasteiger partial charge in [0.05, 0.1) is 5.25 Å². The molecule has 0 spiro atoms.